The molecule has 13 heavy (non-hydrogen) atoms. The van der Waals surface area contributed by atoms with Gasteiger partial charge in [0, 0.05) is 22.5 Å². The van der Waals surface area contributed by atoms with Gasteiger partial charge >= 0.3 is 0 Å². The maximum absolute atomic E-state index is 11.3. The second-order valence-electron chi connectivity index (χ2n) is 3.64. The lowest BCUT2D eigenvalue weighted by molar-refractivity contribution is 0.0746. The van der Waals surface area contributed by atoms with E-state index in [0.717, 1.165) is 17.9 Å². The molecule has 0 aromatic carbocycles. The lowest BCUT2D eigenvalue weighted by Crippen LogP contribution is -2.22. The minimum Gasteiger partial charge on any atom is -0.392 e. The standard InChI is InChI=1S/C9H15NO2S/c1-2-13(11)6-8-7-4-3-5-9(7)12-10-8/h7,9H,2-6H2,1H3/t7?,9?,13-/m0/s1. The van der Waals surface area contributed by atoms with Crippen LogP contribution in [-0.2, 0) is 15.6 Å². The molecule has 4 heteroatoms. The van der Waals surface area contributed by atoms with E-state index in [1.165, 1.54) is 12.8 Å². The third-order valence-corrected chi connectivity index (χ3v) is 4.08. The Hall–Kier alpha value is -0.380. The summed E-state index contributed by atoms with van der Waals surface area (Å²) in [6.45, 7) is 1.94. The van der Waals surface area contributed by atoms with Crippen molar-refractivity contribution in [1.82, 2.24) is 0 Å². The molecule has 0 N–H and O–H groups in total. The van der Waals surface area contributed by atoms with Gasteiger partial charge in [-0.15, -0.1) is 0 Å². The van der Waals surface area contributed by atoms with Crippen molar-refractivity contribution in [3.05, 3.63) is 0 Å². The van der Waals surface area contributed by atoms with E-state index in [-0.39, 0.29) is 0 Å². The number of fused-ring (bicyclic) bond motifs is 1. The van der Waals surface area contributed by atoms with Crippen LogP contribution in [0.15, 0.2) is 5.16 Å². The molecule has 74 valence electrons. The van der Waals surface area contributed by atoms with Crippen LogP contribution >= 0.6 is 0 Å². The van der Waals surface area contributed by atoms with Gasteiger partial charge in [0.25, 0.3) is 0 Å². The third kappa shape index (κ3) is 1.77. The molecule has 1 fully saturated rings. The zero-order chi connectivity index (χ0) is 9.26. The normalized spacial score (nSPS) is 33.8. The van der Waals surface area contributed by atoms with Gasteiger partial charge in [-0.2, -0.15) is 0 Å². The first-order valence-corrected chi connectivity index (χ1v) is 6.37. The number of hydrogen-bond acceptors (Lipinski definition) is 3. The van der Waals surface area contributed by atoms with Gasteiger partial charge in [-0.05, 0) is 19.3 Å². The van der Waals surface area contributed by atoms with Gasteiger partial charge in [0.1, 0.15) is 6.10 Å². The van der Waals surface area contributed by atoms with E-state index in [1.807, 2.05) is 6.92 Å². The number of rotatable bonds is 3. The van der Waals surface area contributed by atoms with Crippen molar-refractivity contribution in [1.29, 1.82) is 0 Å². The molecule has 0 aromatic heterocycles. The second-order valence-corrected chi connectivity index (χ2v) is 5.38. The van der Waals surface area contributed by atoms with E-state index in [9.17, 15) is 4.21 Å². The number of oxime groups is 1. The largest absolute Gasteiger partial charge is 0.392 e. The van der Waals surface area contributed by atoms with Crippen LogP contribution in [0.25, 0.3) is 0 Å². The fourth-order valence-electron chi connectivity index (χ4n) is 2.04. The van der Waals surface area contributed by atoms with Crippen LogP contribution in [0, 0.1) is 5.92 Å². The summed E-state index contributed by atoms with van der Waals surface area (Å²) in [6.07, 6.45) is 3.83. The monoisotopic (exact) mass is 201 g/mol. The van der Waals surface area contributed by atoms with Gasteiger partial charge in [0.15, 0.2) is 0 Å². The highest BCUT2D eigenvalue weighted by atomic mass is 32.2. The highest BCUT2D eigenvalue weighted by molar-refractivity contribution is 7.85. The van der Waals surface area contributed by atoms with E-state index in [4.69, 9.17) is 4.84 Å². The quantitative estimate of drug-likeness (QED) is 0.690. The van der Waals surface area contributed by atoms with Crippen LogP contribution < -0.4 is 0 Å². The van der Waals surface area contributed by atoms with Gasteiger partial charge in [-0.1, -0.05) is 12.1 Å². The Morgan fingerprint density at radius 2 is 2.46 bits per heavy atom. The van der Waals surface area contributed by atoms with Crippen LogP contribution in [0.1, 0.15) is 26.2 Å². The van der Waals surface area contributed by atoms with Crippen molar-refractivity contribution in [3.8, 4) is 0 Å². The Kier molecular flexibility index (Phi) is 2.67. The molecular weight excluding hydrogens is 186 g/mol. The van der Waals surface area contributed by atoms with Crippen LogP contribution in [0.2, 0.25) is 0 Å². The summed E-state index contributed by atoms with van der Waals surface area (Å²) in [7, 11) is -0.737. The molecule has 3 atom stereocenters. The molecule has 1 saturated carbocycles. The number of nitrogens with zero attached hydrogens (tertiary/aromatic N) is 1. The van der Waals surface area contributed by atoms with Gasteiger partial charge in [0.05, 0.1) is 11.5 Å². The van der Waals surface area contributed by atoms with Crippen molar-refractivity contribution in [3.63, 3.8) is 0 Å². The van der Waals surface area contributed by atoms with Crippen LogP contribution in [-0.4, -0.2) is 27.5 Å². The van der Waals surface area contributed by atoms with Crippen molar-refractivity contribution in [2.75, 3.05) is 11.5 Å². The van der Waals surface area contributed by atoms with Crippen LogP contribution in [0.4, 0.5) is 0 Å². The van der Waals surface area contributed by atoms with Gasteiger partial charge in [-0.25, -0.2) is 0 Å². The van der Waals surface area contributed by atoms with E-state index in [0.29, 0.717) is 17.8 Å². The Morgan fingerprint density at radius 1 is 1.62 bits per heavy atom. The Balaban J connectivity index is 1.96. The molecule has 0 amide bonds. The highest BCUT2D eigenvalue weighted by Gasteiger charge is 2.38. The van der Waals surface area contributed by atoms with Crippen molar-refractivity contribution < 1.29 is 9.05 Å². The topological polar surface area (TPSA) is 38.7 Å². The third-order valence-electron chi connectivity index (χ3n) is 2.82. The zero-order valence-electron chi connectivity index (χ0n) is 7.86. The van der Waals surface area contributed by atoms with Crippen LogP contribution in [0.5, 0.6) is 0 Å². The maximum atomic E-state index is 11.3. The summed E-state index contributed by atoms with van der Waals surface area (Å²) in [4.78, 5) is 5.29. The molecule has 1 heterocycles. The molecule has 0 aromatic rings. The molecule has 0 bridgehead atoms. The molecule has 1 aliphatic heterocycles. The summed E-state index contributed by atoms with van der Waals surface area (Å²) < 4.78 is 11.3. The fourth-order valence-corrected chi connectivity index (χ4v) is 2.84. The van der Waals surface area contributed by atoms with Gasteiger partial charge in [0.2, 0.25) is 0 Å². The smallest absolute Gasteiger partial charge is 0.135 e. The van der Waals surface area contributed by atoms with Gasteiger partial charge in [-0.3, -0.25) is 4.21 Å². The predicted molar refractivity (Wildman–Crippen MR) is 53.2 cm³/mol. The molecule has 2 rings (SSSR count). The number of hydrogen-bond donors (Lipinski definition) is 0. The maximum Gasteiger partial charge on any atom is 0.135 e. The first kappa shape index (κ1) is 9.19. The van der Waals surface area contributed by atoms with E-state index < -0.39 is 10.8 Å². The Labute approximate surface area is 81.0 Å². The Bertz CT molecular complexity index is 252. The summed E-state index contributed by atoms with van der Waals surface area (Å²) in [5, 5.41) is 4.03. The van der Waals surface area contributed by atoms with Crippen LogP contribution in [0.3, 0.4) is 0 Å². The molecule has 1 aliphatic carbocycles. The summed E-state index contributed by atoms with van der Waals surface area (Å²) in [5.74, 6) is 1.82. The van der Waals surface area contributed by atoms with E-state index >= 15 is 0 Å². The average Bonchev–Trinajstić information content (AvgIpc) is 2.69. The minimum atomic E-state index is -0.737. The lowest BCUT2D eigenvalue weighted by atomic mass is 10.0. The lowest BCUT2D eigenvalue weighted by Gasteiger charge is -2.07. The fraction of sp³-hybridized carbons (Fsp3) is 0.889. The average molecular weight is 201 g/mol. The van der Waals surface area contributed by atoms with Crippen molar-refractivity contribution in [2.24, 2.45) is 11.1 Å². The molecule has 2 unspecified atom stereocenters. The molecular formula is C9H15NO2S. The SMILES string of the molecule is CC[S@](=O)CC1=NOC2CCCC12. The van der Waals surface area contributed by atoms with Crippen molar-refractivity contribution >= 4 is 16.5 Å². The highest BCUT2D eigenvalue weighted by Crippen LogP contribution is 2.34. The molecule has 0 spiro atoms. The molecule has 2 aliphatic rings. The predicted octanol–water partition coefficient (Wildman–Crippen LogP) is 1.31. The minimum absolute atomic E-state index is 0.309. The summed E-state index contributed by atoms with van der Waals surface area (Å²) >= 11 is 0. The van der Waals surface area contributed by atoms with E-state index in [2.05, 4.69) is 5.16 Å². The van der Waals surface area contributed by atoms with E-state index in [1.54, 1.807) is 0 Å². The summed E-state index contributed by atoms with van der Waals surface area (Å²) in [6, 6.07) is 0. The molecule has 0 radical (unpaired) electrons. The second kappa shape index (κ2) is 3.78. The zero-order valence-corrected chi connectivity index (χ0v) is 8.68. The van der Waals surface area contributed by atoms with Crippen molar-refractivity contribution in [2.45, 2.75) is 32.3 Å². The first-order chi connectivity index (χ1) is 6.31. The first-order valence-electron chi connectivity index (χ1n) is 4.89. The Morgan fingerprint density at radius 3 is 3.23 bits per heavy atom. The summed E-state index contributed by atoms with van der Waals surface area (Å²) in [5.41, 5.74) is 1.04. The molecule has 3 nitrogen and oxygen atoms in total. The van der Waals surface area contributed by atoms with Gasteiger partial charge < -0.3 is 4.84 Å². The molecule has 0 saturated heterocycles.